The number of benzene rings is 6. The second-order valence-electron chi connectivity index (χ2n) is 15.1. The number of nitrogens with one attached hydrogen (secondary N) is 4. The van der Waals surface area contributed by atoms with Crippen molar-refractivity contribution in [1.82, 2.24) is 15.0 Å². The van der Waals surface area contributed by atoms with Crippen LogP contribution in [0.2, 0.25) is 0 Å². The molecule has 32 heteroatoms. The zero-order valence-corrected chi connectivity index (χ0v) is 40.4. The van der Waals surface area contributed by atoms with Gasteiger partial charge in [-0.2, -0.15) is 60.4 Å². The third-order valence-electron chi connectivity index (χ3n) is 10.3. The Bertz CT molecular complexity index is 4190. The first kappa shape index (κ1) is 51.0. The molecular weight excluding hydrogens is 1070 g/mol. The highest BCUT2D eigenvalue weighted by Crippen LogP contribution is 2.35. The maximum Gasteiger partial charge on any atom is 0.295 e. The van der Waals surface area contributed by atoms with E-state index in [1.54, 1.807) is 0 Å². The van der Waals surface area contributed by atoms with Gasteiger partial charge in [-0.3, -0.25) is 38.2 Å². The van der Waals surface area contributed by atoms with Crippen LogP contribution in [0.3, 0.4) is 0 Å². The summed E-state index contributed by atoms with van der Waals surface area (Å²) in [6.07, 6.45) is 4.45. The first-order chi connectivity index (χ1) is 33.4. The summed E-state index contributed by atoms with van der Waals surface area (Å²) in [5.74, 6) is 0. The third kappa shape index (κ3) is 11.2. The Morgan fingerprint density at radius 1 is 0.389 bits per heavy atom. The largest absolute Gasteiger partial charge is 0.301 e. The smallest absolute Gasteiger partial charge is 0.295 e. The molecule has 0 radical (unpaired) electrons. The van der Waals surface area contributed by atoms with Gasteiger partial charge in [0, 0.05) is 0 Å². The van der Waals surface area contributed by atoms with Gasteiger partial charge in [0.25, 0.3) is 60.7 Å². The highest BCUT2D eigenvalue weighted by Gasteiger charge is 2.25. The number of aromatic nitrogens is 3. The van der Waals surface area contributed by atoms with Gasteiger partial charge in [-0.1, -0.05) is 48.6 Å². The molecule has 6 aromatic carbocycles. The molecule has 8 rings (SSSR count). The van der Waals surface area contributed by atoms with Crippen LogP contribution in [0.15, 0.2) is 139 Å². The minimum absolute atomic E-state index is 0.00797. The van der Waals surface area contributed by atoms with E-state index in [4.69, 9.17) is 0 Å². The average Bonchev–Trinajstić information content (AvgIpc) is 3.92. The molecule has 1 aliphatic heterocycles. The normalized spacial score (nSPS) is 13.6. The summed E-state index contributed by atoms with van der Waals surface area (Å²) in [4.78, 5) is -2.74. The number of anilines is 5. The second-order valence-corrected chi connectivity index (χ2v) is 23.5. The molecule has 0 fully saturated rings. The van der Waals surface area contributed by atoms with Gasteiger partial charge in [0.05, 0.1) is 43.9 Å². The molecule has 0 saturated heterocycles. The van der Waals surface area contributed by atoms with Crippen LogP contribution < -0.4 is 26.8 Å². The van der Waals surface area contributed by atoms with Crippen LogP contribution in [0, 0.1) is 0 Å². The Hall–Kier alpha value is -7.34. The standard InChI is InChI=1S/C40H32N8O18S6/c49-67(50,51)31-13-15-33-35(21-31)45-47(43-33)29-11-7-25(39(19-29)71(61,62)63)3-1-23-5-9-27(17-37(23)69(55,56)57)41-42-28-10-6-24(38(18-28)70(58,59)60)2-4-26-8-12-30(20-40(26)72(64,65)66)48-44-34-16-14-32(68(52,53)54)22-36(34)46-48/h1-22,41-43,45H,(H,49,50,51)(H,52,53,54)(H,55,56,57)(H,58,59,60)(H,61,62,63)(H,64,65,66). The fourth-order valence-corrected chi connectivity index (χ4v) is 10.8. The Kier molecular flexibility index (Phi) is 13.0. The van der Waals surface area contributed by atoms with E-state index >= 15 is 0 Å². The van der Waals surface area contributed by atoms with Gasteiger partial charge in [-0.25, -0.2) is 0 Å². The predicted octanol–water partition coefficient (Wildman–Crippen LogP) is 4.85. The number of fused-ring (bicyclic) bond motifs is 2. The summed E-state index contributed by atoms with van der Waals surface area (Å²) in [5, 5.41) is 9.43. The molecule has 10 N–H and O–H groups in total. The minimum atomic E-state index is -5.01. The highest BCUT2D eigenvalue weighted by atomic mass is 32.2. The molecule has 2 heterocycles. The zero-order valence-electron chi connectivity index (χ0n) is 35.5. The molecule has 0 amide bonds. The van der Waals surface area contributed by atoms with E-state index in [0.29, 0.717) is 5.69 Å². The Balaban J connectivity index is 1.01. The molecule has 376 valence electrons. The van der Waals surface area contributed by atoms with Crippen molar-refractivity contribution in [1.29, 1.82) is 0 Å². The van der Waals surface area contributed by atoms with E-state index in [0.717, 1.165) is 77.6 Å². The lowest BCUT2D eigenvalue weighted by Gasteiger charge is -2.20. The van der Waals surface area contributed by atoms with Crippen molar-refractivity contribution < 1.29 is 77.8 Å². The highest BCUT2D eigenvalue weighted by molar-refractivity contribution is 7.87. The van der Waals surface area contributed by atoms with Crippen molar-refractivity contribution in [2.75, 3.05) is 26.8 Å². The van der Waals surface area contributed by atoms with Gasteiger partial charge < -0.3 is 10.9 Å². The molecule has 0 aliphatic carbocycles. The van der Waals surface area contributed by atoms with Crippen molar-refractivity contribution in [3.05, 3.63) is 131 Å². The van der Waals surface area contributed by atoms with Gasteiger partial charge in [0.2, 0.25) is 0 Å². The first-order valence-electron chi connectivity index (χ1n) is 19.6. The Morgan fingerprint density at radius 2 is 0.778 bits per heavy atom. The van der Waals surface area contributed by atoms with Crippen LogP contribution in [-0.2, 0) is 60.7 Å². The molecular formula is C40H32N8O18S6. The molecule has 1 aromatic heterocycles. The van der Waals surface area contributed by atoms with Gasteiger partial charge in [-0.05, 0) is 107 Å². The lowest BCUT2D eigenvalue weighted by atomic mass is 10.1. The lowest BCUT2D eigenvalue weighted by molar-refractivity contribution is 0.480. The maximum atomic E-state index is 12.6. The molecule has 7 aromatic rings. The predicted molar refractivity (Wildman–Crippen MR) is 258 cm³/mol. The maximum absolute atomic E-state index is 12.6. The lowest BCUT2D eigenvalue weighted by Crippen LogP contribution is -2.29. The van der Waals surface area contributed by atoms with Crippen LogP contribution in [0.1, 0.15) is 22.3 Å². The zero-order chi connectivity index (χ0) is 52.3. The average molecular weight is 1110 g/mol. The third-order valence-corrected chi connectivity index (χ3v) is 15.6. The van der Waals surface area contributed by atoms with Crippen molar-refractivity contribution in [3.63, 3.8) is 0 Å². The summed E-state index contributed by atoms with van der Waals surface area (Å²) in [6, 6.07) is 20.9. The summed E-state index contributed by atoms with van der Waals surface area (Å²) < 4.78 is 206. The minimum Gasteiger partial charge on any atom is -0.301 e. The topological polar surface area (TPSA) is 408 Å². The summed E-state index contributed by atoms with van der Waals surface area (Å²) in [6.45, 7) is 0. The van der Waals surface area contributed by atoms with E-state index in [9.17, 15) is 77.8 Å². The van der Waals surface area contributed by atoms with Crippen molar-refractivity contribution in [2.24, 2.45) is 0 Å². The quantitative estimate of drug-likeness (QED) is 0.0372. The fraction of sp³-hybridized carbons (Fsp3) is 0. The summed E-state index contributed by atoms with van der Waals surface area (Å²) in [7, 11) is -29.1. The molecule has 72 heavy (non-hydrogen) atoms. The number of hydrogen-bond acceptors (Lipinski definition) is 19. The molecule has 0 bridgehead atoms. The SMILES string of the molecule is O=S(=O)(O)c1ccc2c(c1)NN(c1ccc(C=Cc3ccc(NNc4ccc(C=Cc5ccc(-n6nc7ccc(S(=O)(=O)O)cc7n6)cc5S(=O)(=O)O)c(S(=O)(=O)O)c4)cc3S(=O)(=O)O)c(S(=O)(=O)O)c1)N2. The summed E-state index contributed by atoms with van der Waals surface area (Å²) >= 11 is 0. The van der Waals surface area contributed by atoms with Gasteiger partial charge >= 0.3 is 0 Å². The van der Waals surface area contributed by atoms with Crippen LogP contribution in [0.5, 0.6) is 0 Å². The second kappa shape index (κ2) is 18.4. The molecule has 0 atom stereocenters. The van der Waals surface area contributed by atoms with Crippen molar-refractivity contribution in [3.8, 4) is 5.69 Å². The van der Waals surface area contributed by atoms with Crippen LogP contribution in [0.4, 0.5) is 28.4 Å². The molecule has 0 unspecified atom stereocenters. The summed E-state index contributed by atoms with van der Waals surface area (Å²) in [5.41, 5.74) is 10.8. The van der Waals surface area contributed by atoms with Gasteiger partial charge in [-0.15, -0.1) is 10.2 Å². The Labute approximate surface area is 408 Å². The molecule has 26 nitrogen and oxygen atoms in total. The van der Waals surface area contributed by atoms with E-state index in [1.165, 1.54) is 65.8 Å². The van der Waals surface area contributed by atoms with Crippen LogP contribution in [-0.4, -0.2) is 92.8 Å². The molecule has 0 saturated carbocycles. The van der Waals surface area contributed by atoms with Crippen molar-refractivity contribution >= 4 is 124 Å². The first-order valence-corrected chi connectivity index (χ1v) is 28.2. The number of hydrazine groups is 3. The van der Waals surface area contributed by atoms with Crippen LogP contribution in [0.25, 0.3) is 41.0 Å². The van der Waals surface area contributed by atoms with Crippen LogP contribution >= 0.6 is 0 Å². The monoisotopic (exact) mass is 1100 g/mol. The fourth-order valence-electron chi connectivity index (χ4n) is 6.92. The van der Waals surface area contributed by atoms with Gasteiger partial charge in [0.1, 0.15) is 30.6 Å². The number of nitrogens with zero attached hydrogens (tertiary/aromatic N) is 4. The molecule has 0 spiro atoms. The van der Waals surface area contributed by atoms with Crippen molar-refractivity contribution in [2.45, 2.75) is 29.4 Å². The van der Waals surface area contributed by atoms with E-state index < -0.39 is 90.1 Å². The number of rotatable bonds is 15. The van der Waals surface area contributed by atoms with Gasteiger partial charge in [0.15, 0.2) is 0 Å². The van der Waals surface area contributed by atoms with E-state index in [1.807, 2.05) is 0 Å². The number of hydrogen-bond donors (Lipinski definition) is 10. The van der Waals surface area contributed by atoms with E-state index in [-0.39, 0.29) is 61.7 Å². The van der Waals surface area contributed by atoms with E-state index in [2.05, 4.69) is 31.9 Å². The Morgan fingerprint density at radius 3 is 1.25 bits per heavy atom. The molecule has 1 aliphatic rings.